The minimum Gasteiger partial charge on any atom is -0.394 e. The molecule has 16 heavy (non-hydrogen) atoms. The number of aliphatic hydroxyl groups excluding tert-OH is 3. The van der Waals surface area contributed by atoms with E-state index in [9.17, 15) is 10.2 Å². The third-order valence-corrected chi connectivity index (χ3v) is 2.77. The Hall–Kier alpha value is -0.850. The van der Waals surface area contributed by atoms with Gasteiger partial charge in [0.15, 0.2) is 0 Å². The summed E-state index contributed by atoms with van der Waals surface area (Å²) in [5.41, 5.74) is 8.34. The third-order valence-electron chi connectivity index (χ3n) is 2.77. The van der Waals surface area contributed by atoms with E-state index in [1.54, 1.807) is 0 Å². The van der Waals surface area contributed by atoms with Crippen molar-refractivity contribution in [2.24, 2.45) is 11.0 Å². The molecule has 1 heterocycles. The van der Waals surface area contributed by atoms with E-state index in [1.165, 1.54) is 0 Å². The van der Waals surface area contributed by atoms with Crippen LogP contribution in [-0.4, -0.2) is 52.4 Å². The molecule has 0 aliphatic carbocycles. The Labute approximate surface area is 93.3 Å². The monoisotopic (exact) mass is 231 g/mol. The van der Waals surface area contributed by atoms with E-state index < -0.39 is 30.5 Å². The average molecular weight is 231 g/mol. The molecule has 1 rings (SSSR count). The van der Waals surface area contributed by atoms with E-state index in [2.05, 4.69) is 10.0 Å². The van der Waals surface area contributed by atoms with Crippen LogP contribution in [0.25, 0.3) is 10.4 Å². The lowest BCUT2D eigenvalue weighted by Gasteiger charge is -2.42. The molecular formula is C9H17N3O4. The molecule has 0 aromatic carbocycles. The summed E-state index contributed by atoms with van der Waals surface area (Å²) in [5, 5.41) is 32.0. The quantitative estimate of drug-likeness (QED) is 0.354. The SMILES string of the molecule is CC(C)[C@@H]1OC(CO)[C@H](N=[N+]=[N-])[C@H](O)C1O. The molecule has 7 heteroatoms. The van der Waals surface area contributed by atoms with Crippen LogP contribution >= 0.6 is 0 Å². The van der Waals surface area contributed by atoms with Crippen LogP contribution in [-0.2, 0) is 4.74 Å². The molecule has 3 N–H and O–H groups in total. The van der Waals surface area contributed by atoms with E-state index in [4.69, 9.17) is 15.4 Å². The fourth-order valence-electron chi connectivity index (χ4n) is 1.88. The molecule has 5 atom stereocenters. The van der Waals surface area contributed by atoms with Gasteiger partial charge in [-0.25, -0.2) is 0 Å². The van der Waals surface area contributed by atoms with Crippen molar-refractivity contribution < 1.29 is 20.1 Å². The van der Waals surface area contributed by atoms with Crippen LogP contribution in [0.2, 0.25) is 0 Å². The van der Waals surface area contributed by atoms with E-state index in [-0.39, 0.29) is 12.5 Å². The second kappa shape index (κ2) is 5.47. The van der Waals surface area contributed by atoms with Gasteiger partial charge in [-0.05, 0) is 11.4 Å². The normalized spacial score (nSPS) is 39.5. The highest BCUT2D eigenvalue weighted by Gasteiger charge is 2.44. The molecule has 0 bridgehead atoms. The van der Waals surface area contributed by atoms with Gasteiger partial charge in [0.05, 0.1) is 31.0 Å². The number of aliphatic hydroxyl groups is 3. The predicted molar refractivity (Wildman–Crippen MR) is 55.5 cm³/mol. The van der Waals surface area contributed by atoms with Crippen molar-refractivity contribution in [1.82, 2.24) is 0 Å². The van der Waals surface area contributed by atoms with Gasteiger partial charge in [0.1, 0.15) is 6.10 Å². The van der Waals surface area contributed by atoms with Gasteiger partial charge in [-0.3, -0.25) is 0 Å². The van der Waals surface area contributed by atoms with Crippen molar-refractivity contribution in [1.29, 1.82) is 0 Å². The lowest BCUT2D eigenvalue weighted by atomic mass is 9.88. The van der Waals surface area contributed by atoms with Crippen molar-refractivity contribution in [3.63, 3.8) is 0 Å². The van der Waals surface area contributed by atoms with Gasteiger partial charge in [0.25, 0.3) is 0 Å². The van der Waals surface area contributed by atoms with Crippen molar-refractivity contribution in [3.05, 3.63) is 10.4 Å². The molecule has 0 amide bonds. The molecular weight excluding hydrogens is 214 g/mol. The Morgan fingerprint density at radius 2 is 2.00 bits per heavy atom. The van der Waals surface area contributed by atoms with Gasteiger partial charge in [-0.1, -0.05) is 19.0 Å². The topological polar surface area (TPSA) is 119 Å². The summed E-state index contributed by atoms with van der Waals surface area (Å²) < 4.78 is 5.42. The Kier molecular flexibility index (Phi) is 4.52. The molecule has 2 unspecified atom stereocenters. The zero-order valence-electron chi connectivity index (χ0n) is 9.26. The molecule has 0 aromatic rings. The summed E-state index contributed by atoms with van der Waals surface area (Å²) in [7, 11) is 0. The Balaban J connectivity index is 2.89. The van der Waals surface area contributed by atoms with Crippen molar-refractivity contribution in [3.8, 4) is 0 Å². The molecule has 0 aromatic heterocycles. The van der Waals surface area contributed by atoms with Crippen molar-refractivity contribution in [2.45, 2.75) is 44.3 Å². The van der Waals surface area contributed by atoms with Crippen LogP contribution in [0, 0.1) is 5.92 Å². The van der Waals surface area contributed by atoms with Crippen LogP contribution in [0.15, 0.2) is 5.11 Å². The summed E-state index contributed by atoms with van der Waals surface area (Å²) in [6.45, 7) is 3.31. The number of azide groups is 1. The number of hydrogen-bond donors (Lipinski definition) is 3. The van der Waals surface area contributed by atoms with Crippen LogP contribution in [0.1, 0.15) is 13.8 Å². The zero-order valence-corrected chi connectivity index (χ0v) is 9.26. The standard InChI is InChI=1S/C9H17N3O4/c1-4(2)9-8(15)7(14)6(11-12-10)5(3-13)16-9/h4-9,13-15H,3H2,1-2H3/t5?,6-,7-,8?,9-/m0/s1. The second-order valence-corrected chi connectivity index (χ2v) is 4.24. The van der Waals surface area contributed by atoms with E-state index in [0.717, 1.165) is 0 Å². The fraction of sp³-hybridized carbons (Fsp3) is 1.00. The van der Waals surface area contributed by atoms with E-state index in [1.807, 2.05) is 13.8 Å². The van der Waals surface area contributed by atoms with Gasteiger partial charge in [-0.15, -0.1) is 0 Å². The van der Waals surface area contributed by atoms with Crippen LogP contribution in [0.4, 0.5) is 0 Å². The number of ether oxygens (including phenoxy) is 1. The summed E-state index contributed by atoms with van der Waals surface area (Å²) in [6, 6.07) is -0.958. The third kappa shape index (κ3) is 2.45. The predicted octanol–water partition coefficient (Wildman–Crippen LogP) is -0.197. The molecule has 7 nitrogen and oxygen atoms in total. The largest absolute Gasteiger partial charge is 0.394 e. The van der Waals surface area contributed by atoms with Gasteiger partial charge in [0.2, 0.25) is 0 Å². The number of nitrogens with zero attached hydrogens (tertiary/aromatic N) is 3. The minimum atomic E-state index is -1.21. The Bertz CT molecular complexity index is 278. The summed E-state index contributed by atoms with van der Waals surface area (Å²) in [5.74, 6) is -0.00860. The molecule has 1 aliphatic heterocycles. The summed E-state index contributed by atoms with van der Waals surface area (Å²) >= 11 is 0. The van der Waals surface area contributed by atoms with E-state index in [0.29, 0.717) is 0 Å². The van der Waals surface area contributed by atoms with Gasteiger partial charge < -0.3 is 20.1 Å². The van der Waals surface area contributed by atoms with E-state index >= 15 is 0 Å². The fourth-order valence-corrected chi connectivity index (χ4v) is 1.88. The zero-order chi connectivity index (χ0) is 12.3. The maximum absolute atomic E-state index is 9.78. The van der Waals surface area contributed by atoms with Crippen LogP contribution in [0.5, 0.6) is 0 Å². The number of rotatable bonds is 3. The maximum atomic E-state index is 9.78. The van der Waals surface area contributed by atoms with Gasteiger partial charge >= 0.3 is 0 Å². The first-order valence-corrected chi connectivity index (χ1v) is 5.19. The summed E-state index contributed by atoms with van der Waals surface area (Å²) in [6.07, 6.45) is -3.67. The van der Waals surface area contributed by atoms with Gasteiger partial charge in [-0.2, -0.15) is 0 Å². The lowest BCUT2D eigenvalue weighted by Crippen LogP contribution is -2.59. The average Bonchev–Trinajstić information content (AvgIpc) is 2.25. The first-order chi connectivity index (χ1) is 7.52. The van der Waals surface area contributed by atoms with Crippen LogP contribution < -0.4 is 0 Å². The van der Waals surface area contributed by atoms with Crippen LogP contribution in [0.3, 0.4) is 0 Å². The molecule has 1 fully saturated rings. The molecule has 92 valence electrons. The minimum absolute atomic E-state index is 0.00860. The molecule has 0 saturated carbocycles. The molecule has 0 spiro atoms. The first-order valence-electron chi connectivity index (χ1n) is 5.19. The Morgan fingerprint density at radius 1 is 1.38 bits per heavy atom. The lowest BCUT2D eigenvalue weighted by molar-refractivity contribution is -0.198. The van der Waals surface area contributed by atoms with Crippen molar-refractivity contribution >= 4 is 0 Å². The summed E-state index contributed by atoms with van der Waals surface area (Å²) in [4.78, 5) is 2.58. The van der Waals surface area contributed by atoms with Crippen molar-refractivity contribution in [2.75, 3.05) is 6.61 Å². The Morgan fingerprint density at radius 3 is 2.44 bits per heavy atom. The highest BCUT2D eigenvalue weighted by Crippen LogP contribution is 2.27. The molecule has 0 radical (unpaired) electrons. The maximum Gasteiger partial charge on any atom is 0.107 e. The molecule has 1 saturated heterocycles. The smallest absolute Gasteiger partial charge is 0.107 e. The first kappa shape index (κ1) is 13.2. The highest BCUT2D eigenvalue weighted by atomic mass is 16.5. The van der Waals surface area contributed by atoms with Gasteiger partial charge in [0, 0.05) is 4.91 Å². The second-order valence-electron chi connectivity index (χ2n) is 4.24. The molecule has 1 aliphatic rings. The number of hydrogen-bond acceptors (Lipinski definition) is 5. The highest BCUT2D eigenvalue weighted by molar-refractivity contribution is 4.97.